The molecule has 30 heavy (non-hydrogen) atoms. The van der Waals surface area contributed by atoms with Crippen LogP contribution in [0.4, 0.5) is 5.82 Å². The zero-order valence-corrected chi connectivity index (χ0v) is 17.6. The van der Waals surface area contributed by atoms with Gasteiger partial charge in [0.2, 0.25) is 0 Å². The van der Waals surface area contributed by atoms with Gasteiger partial charge in [0, 0.05) is 55.8 Å². The second-order valence-corrected chi connectivity index (χ2v) is 9.01. The molecule has 0 bridgehead atoms. The molecule has 3 aromatic rings. The van der Waals surface area contributed by atoms with E-state index in [9.17, 15) is 4.79 Å². The minimum absolute atomic E-state index is 0.00250. The first kappa shape index (κ1) is 19.2. The molecule has 8 heteroatoms. The van der Waals surface area contributed by atoms with Crippen LogP contribution < -0.4 is 10.5 Å². The molecular weight excluding hydrogens is 396 g/mol. The molecule has 3 aromatic heterocycles. The second kappa shape index (κ2) is 8.55. The van der Waals surface area contributed by atoms with E-state index in [1.54, 1.807) is 29.4 Å². The van der Waals surface area contributed by atoms with Crippen LogP contribution in [0.1, 0.15) is 24.1 Å². The molecule has 1 fully saturated rings. The third-order valence-corrected chi connectivity index (χ3v) is 6.94. The van der Waals surface area contributed by atoms with E-state index >= 15 is 0 Å². The van der Waals surface area contributed by atoms with Gasteiger partial charge in [-0.05, 0) is 48.3 Å². The minimum Gasteiger partial charge on any atom is -0.355 e. The number of fused-ring (bicyclic) bond motifs is 1. The molecule has 2 aliphatic rings. The number of anilines is 1. The summed E-state index contributed by atoms with van der Waals surface area (Å²) in [6, 6.07) is 7.57. The van der Waals surface area contributed by atoms with Crippen molar-refractivity contribution in [1.82, 2.24) is 24.7 Å². The van der Waals surface area contributed by atoms with Gasteiger partial charge in [-0.3, -0.25) is 14.3 Å². The molecule has 0 radical (unpaired) electrons. The van der Waals surface area contributed by atoms with Crippen LogP contribution in [0.5, 0.6) is 0 Å². The number of hydrogen-bond donors (Lipinski definition) is 0. The third kappa shape index (κ3) is 4.09. The average molecular weight is 421 g/mol. The van der Waals surface area contributed by atoms with Crippen LogP contribution in [0.2, 0.25) is 0 Å². The topological polar surface area (TPSA) is 76.8 Å². The Morgan fingerprint density at radius 2 is 1.93 bits per heavy atom. The van der Waals surface area contributed by atoms with Crippen LogP contribution in [0.15, 0.2) is 47.8 Å². The van der Waals surface area contributed by atoms with E-state index < -0.39 is 0 Å². The Hall–Kier alpha value is -2.74. The average Bonchev–Trinajstić information content (AvgIpc) is 2.81. The van der Waals surface area contributed by atoms with Gasteiger partial charge in [-0.25, -0.2) is 4.98 Å². The fourth-order valence-electron chi connectivity index (χ4n) is 4.15. The van der Waals surface area contributed by atoms with Gasteiger partial charge < -0.3 is 4.90 Å². The number of nitrogens with zero attached hydrogens (tertiary/aromatic N) is 6. The Kier molecular flexibility index (Phi) is 5.48. The van der Waals surface area contributed by atoms with E-state index in [-0.39, 0.29) is 5.56 Å². The van der Waals surface area contributed by atoms with Crippen LogP contribution in [-0.4, -0.2) is 43.6 Å². The Bertz CT molecular complexity index is 1080. The molecule has 0 atom stereocenters. The highest BCUT2D eigenvalue weighted by Gasteiger charge is 2.22. The van der Waals surface area contributed by atoms with Gasteiger partial charge in [0.25, 0.3) is 5.56 Å². The summed E-state index contributed by atoms with van der Waals surface area (Å²) in [6.45, 7) is 2.61. The minimum atomic E-state index is -0.00250. The summed E-state index contributed by atoms with van der Waals surface area (Å²) in [7, 11) is 0. The first-order valence-electron chi connectivity index (χ1n) is 10.4. The lowest BCUT2D eigenvalue weighted by Gasteiger charge is -2.33. The molecule has 0 unspecified atom stereocenters. The highest BCUT2D eigenvalue weighted by Crippen LogP contribution is 2.28. The zero-order chi connectivity index (χ0) is 20.3. The molecule has 5 rings (SSSR count). The van der Waals surface area contributed by atoms with Gasteiger partial charge in [-0.1, -0.05) is 0 Å². The number of aryl methyl sites for hydroxylation is 1. The van der Waals surface area contributed by atoms with Gasteiger partial charge in [-0.15, -0.1) is 5.10 Å². The maximum Gasteiger partial charge on any atom is 0.253 e. The number of hydrogen-bond acceptors (Lipinski definition) is 7. The van der Waals surface area contributed by atoms with E-state index in [1.165, 1.54) is 5.56 Å². The molecule has 0 amide bonds. The van der Waals surface area contributed by atoms with Gasteiger partial charge in [0.15, 0.2) is 5.82 Å². The van der Waals surface area contributed by atoms with Crippen LogP contribution >= 0.6 is 11.8 Å². The van der Waals surface area contributed by atoms with Crippen molar-refractivity contribution in [2.24, 2.45) is 5.92 Å². The maximum absolute atomic E-state index is 12.6. The first-order valence-corrected chi connectivity index (χ1v) is 11.6. The molecule has 5 heterocycles. The zero-order valence-electron chi connectivity index (χ0n) is 16.8. The third-order valence-electron chi connectivity index (χ3n) is 5.94. The summed E-state index contributed by atoms with van der Waals surface area (Å²) in [6.07, 6.45) is 8.19. The smallest absolute Gasteiger partial charge is 0.253 e. The number of thioether (sulfide) groups is 1. The fraction of sp³-hybridized carbons (Fsp3) is 0.409. The summed E-state index contributed by atoms with van der Waals surface area (Å²) >= 11 is 1.97. The van der Waals surface area contributed by atoms with Crippen molar-refractivity contribution in [3.8, 4) is 11.3 Å². The number of pyridine rings is 1. The lowest BCUT2D eigenvalue weighted by atomic mass is 9.96. The van der Waals surface area contributed by atoms with Crippen molar-refractivity contribution in [2.75, 3.05) is 23.7 Å². The van der Waals surface area contributed by atoms with Crippen LogP contribution in [-0.2, 0) is 18.7 Å². The van der Waals surface area contributed by atoms with E-state index in [0.29, 0.717) is 18.2 Å². The van der Waals surface area contributed by atoms with Gasteiger partial charge >= 0.3 is 0 Å². The molecule has 154 valence electrons. The van der Waals surface area contributed by atoms with Crippen LogP contribution in [0.25, 0.3) is 11.3 Å². The number of aromatic nitrogens is 5. The normalized spacial score (nSPS) is 17.0. The molecule has 1 saturated heterocycles. The van der Waals surface area contributed by atoms with Crippen molar-refractivity contribution in [3.05, 3.63) is 64.6 Å². The van der Waals surface area contributed by atoms with Crippen molar-refractivity contribution >= 4 is 17.6 Å². The molecule has 0 spiro atoms. The Balaban J connectivity index is 1.22. The summed E-state index contributed by atoms with van der Waals surface area (Å²) in [5.41, 5.74) is 4.10. The van der Waals surface area contributed by atoms with E-state index in [0.717, 1.165) is 60.9 Å². The molecule has 0 saturated carbocycles. The van der Waals surface area contributed by atoms with Crippen LogP contribution in [0.3, 0.4) is 0 Å². The van der Waals surface area contributed by atoms with Crippen molar-refractivity contribution in [1.29, 1.82) is 0 Å². The Morgan fingerprint density at radius 1 is 1.10 bits per heavy atom. The van der Waals surface area contributed by atoms with Crippen molar-refractivity contribution < 1.29 is 0 Å². The standard InChI is InChI=1S/C22H24N6OS/c29-22-12-20(17-1-6-23-7-2-17)24-15-28(22)13-16-3-8-27(9-4-16)21-11-18-14-30-10-5-19(18)25-26-21/h1-2,6-7,11-12,15-16H,3-5,8-10,13-14H2. The predicted molar refractivity (Wildman–Crippen MR) is 119 cm³/mol. The second-order valence-electron chi connectivity index (χ2n) is 7.91. The van der Waals surface area contributed by atoms with Gasteiger partial charge in [0.05, 0.1) is 17.7 Å². The lowest BCUT2D eigenvalue weighted by molar-refractivity contribution is 0.350. The summed E-state index contributed by atoms with van der Waals surface area (Å²) < 4.78 is 1.74. The summed E-state index contributed by atoms with van der Waals surface area (Å²) in [5, 5.41) is 8.94. The first-order chi connectivity index (χ1) is 14.8. The van der Waals surface area contributed by atoms with E-state index in [2.05, 4.69) is 31.1 Å². The molecule has 7 nitrogen and oxygen atoms in total. The van der Waals surface area contributed by atoms with E-state index in [4.69, 9.17) is 0 Å². The molecular formula is C22H24N6OS. The number of rotatable bonds is 4. The summed E-state index contributed by atoms with van der Waals surface area (Å²) in [4.78, 5) is 23.4. The molecule has 0 aliphatic carbocycles. The maximum atomic E-state index is 12.6. The number of piperidine rings is 1. The quantitative estimate of drug-likeness (QED) is 0.642. The molecule has 2 aliphatic heterocycles. The van der Waals surface area contributed by atoms with Crippen molar-refractivity contribution in [2.45, 2.75) is 31.6 Å². The Labute approximate surface area is 179 Å². The summed E-state index contributed by atoms with van der Waals surface area (Å²) in [5.74, 6) is 3.65. The monoisotopic (exact) mass is 420 g/mol. The molecule has 0 N–H and O–H groups in total. The Morgan fingerprint density at radius 3 is 2.73 bits per heavy atom. The van der Waals surface area contributed by atoms with Crippen molar-refractivity contribution in [3.63, 3.8) is 0 Å². The lowest BCUT2D eigenvalue weighted by Crippen LogP contribution is -2.37. The SMILES string of the molecule is O=c1cc(-c2ccncc2)ncn1CC1CCN(c2cc3c(nn2)CCSC3)CC1. The predicted octanol–water partition coefficient (Wildman–Crippen LogP) is 2.80. The van der Waals surface area contributed by atoms with E-state index in [1.807, 2.05) is 23.9 Å². The van der Waals surface area contributed by atoms with Gasteiger partial charge in [0.1, 0.15) is 0 Å². The fourth-order valence-corrected chi connectivity index (χ4v) is 5.10. The highest BCUT2D eigenvalue weighted by molar-refractivity contribution is 7.98. The van der Waals surface area contributed by atoms with Crippen LogP contribution in [0, 0.1) is 5.92 Å². The van der Waals surface area contributed by atoms with Gasteiger partial charge in [-0.2, -0.15) is 16.9 Å². The largest absolute Gasteiger partial charge is 0.355 e. The molecule has 0 aromatic carbocycles. The highest BCUT2D eigenvalue weighted by atomic mass is 32.2.